The van der Waals surface area contributed by atoms with E-state index in [2.05, 4.69) is 12.2 Å². The molecule has 1 aromatic rings. The molecule has 1 saturated carbocycles. The molecule has 1 heterocycles. The van der Waals surface area contributed by atoms with Crippen LogP contribution in [0.4, 0.5) is 0 Å². The van der Waals surface area contributed by atoms with Crippen molar-refractivity contribution in [1.82, 2.24) is 5.32 Å². The third-order valence-corrected chi connectivity index (χ3v) is 5.03. The fourth-order valence-corrected chi connectivity index (χ4v) is 3.58. The molecule has 1 atom stereocenters. The number of hydrogen-bond acceptors (Lipinski definition) is 3. The highest BCUT2D eigenvalue weighted by molar-refractivity contribution is 7.14. The number of carboxylic acid groups (broad SMARTS) is 1. The molecule has 1 fully saturated rings. The molecule has 0 bridgehead atoms. The summed E-state index contributed by atoms with van der Waals surface area (Å²) in [4.78, 5) is 12.5. The Kier molecular flexibility index (Phi) is 4.40. The van der Waals surface area contributed by atoms with Crippen molar-refractivity contribution in [3.8, 4) is 0 Å². The summed E-state index contributed by atoms with van der Waals surface area (Å²) in [6.07, 6.45) is 5.38. The third kappa shape index (κ3) is 3.12. The Morgan fingerprint density at radius 2 is 2.22 bits per heavy atom. The molecule has 1 aliphatic carbocycles. The Labute approximate surface area is 112 Å². The molecule has 0 saturated heterocycles. The van der Waals surface area contributed by atoms with Gasteiger partial charge in [0.25, 0.3) is 0 Å². The smallest absolute Gasteiger partial charge is 0.345 e. The number of carbonyl (C=O) groups is 1. The Morgan fingerprint density at radius 3 is 2.78 bits per heavy atom. The maximum Gasteiger partial charge on any atom is 0.345 e. The molecule has 1 aromatic heterocycles. The van der Waals surface area contributed by atoms with Crippen molar-refractivity contribution in [3.63, 3.8) is 0 Å². The summed E-state index contributed by atoms with van der Waals surface area (Å²) in [5.74, 6) is -0.0268. The first-order chi connectivity index (χ1) is 8.58. The minimum Gasteiger partial charge on any atom is -0.477 e. The molecule has 18 heavy (non-hydrogen) atoms. The Hall–Kier alpha value is -0.870. The topological polar surface area (TPSA) is 49.3 Å². The van der Waals surface area contributed by atoms with E-state index in [4.69, 9.17) is 5.11 Å². The molecule has 4 heteroatoms. The van der Waals surface area contributed by atoms with Gasteiger partial charge < -0.3 is 10.4 Å². The number of thiophene rings is 1. The van der Waals surface area contributed by atoms with Gasteiger partial charge in [0.05, 0.1) is 0 Å². The second-order valence-electron chi connectivity index (χ2n) is 5.21. The van der Waals surface area contributed by atoms with E-state index in [1.807, 2.05) is 6.92 Å². The van der Waals surface area contributed by atoms with Crippen LogP contribution in [0.5, 0.6) is 0 Å². The molecule has 1 unspecified atom stereocenters. The SMILES string of the molecule is Cc1sc(C(=O)O)cc1CNC(C)C1CCCC1. The van der Waals surface area contributed by atoms with Crippen molar-refractivity contribution < 1.29 is 9.90 Å². The molecule has 100 valence electrons. The predicted molar refractivity (Wildman–Crippen MR) is 74.3 cm³/mol. The van der Waals surface area contributed by atoms with Crippen molar-refractivity contribution >= 4 is 17.3 Å². The second-order valence-corrected chi connectivity index (χ2v) is 6.47. The lowest BCUT2D eigenvalue weighted by molar-refractivity contribution is 0.0702. The van der Waals surface area contributed by atoms with Crippen molar-refractivity contribution in [2.24, 2.45) is 5.92 Å². The third-order valence-electron chi connectivity index (χ3n) is 3.95. The van der Waals surface area contributed by atoms with E-state index in [-0.39, 0.29) is 0 Å². The van der Waals surface area contributed by atoms with Crippen LogP contribution in [0.15, 0.2) is 6.07 Å². The van der Waals surface area contributed by atoms with Gasteiger partial charge in [-0.2, -0.15) is 0 Å². The largest absolute Gasteiger partial charge is 0.477 e. The van der Waals surface area contributed by atoms with Crippen LogP contribution in [0, 0.1) is 12.8 Å². The number of aromatic carboxylic acids is 1. The van der Waals surface area contributed by atoms with Crippen LogP contribution in [-0.2, 0) is 6.54 Å². The normalized spacial score (nSPS) is 18.1. The van der Waals surface area contributed by atoms with Crippen molar-refractivity contribution in [2.75, 3.05) is 0 Å². The van der Waals surface area contributed by atoms with Crippen LogP contribution < -0.4 is 5.32 Å². The fraction of sp³-hybridized carbons (Fsp3) is 0.643. The standard InChI is InChI=1S/C14H21NO2S/c1-9(11-5-3-4-6-11)15-8-12-7-13(14(16)17)18-10(12)2/h7,9,11,15H,3-6,8H2,1-2H3,(H,16,17). The molecule has 0 spiro atoms. The summed E-state index contributed by atoms with van der Waals surface area (Å²) in [7, 11) is 0. The fourth-order valence-electron chi connectivity index (χ4n) is 2.70. The summed E-state index contributed by atoms with van der Waals surface area (Å²) in [6, 6.07) is 2.33. The van der Waals surface area contributed by atoms with Gasteiger partial charge in [0.1, 0.15) is 4.88 Å². The van der Waals surface area contributed by atoms with E-state index in [1.54, 1.807) is 6.07 Å². The molecule has 3 nitrogen and oxygen atoms in total. The van der Waals surface area contributed by atoms with Gasteiger partial charge >= 0.3 is 5.97 Å². The first-order valence-electron chi connectivity index (χ1n) is 6.64. The van der Waals surface area contributed by atoms with Gasteiger partial charge in [0.15, 0.2) is 0 Å². The van der Waals surface area contributed by atoms with Gasteiger partial charge in [-0.25, -0.2) is 4.79 Å². The highest BCUT2D eigenvalue weighted by Gasteiger charge is 2.21. The summed E-state index contributed by atoms with van der Waals surface area (Å²) in [5.41, 5.74) is 1.13. The molecule has 2 rings (SSSR count). The van der Waals surface area contributed by atoms with Gasteiger partial charge in [-0.15, -0.1) is 11.3 Å². The highest BCUT2D eigenvalue weighted by atomic mass is 32.1. The number of aryl methyl sites for hydroxylation is 1. The maximum atomic E-state index is 10.9. The lowest BCUT2D eigenvalue weighted by Gasteiger charge is -2.20. The number of rotatable bonds is 5. The number of carboxylic acids is 1. The molecular weight excluding hydrogens is 246 g/mol. The second kappa shape index (κ2) is 5.85. The zero-order chi connectivity index (χ0) is 13.1. The quantitative estimate of drug-likeness (QED) is 0.859. The van der Waals surface area contributed by atoms with E-state index in [0.717, 1.165) is 22.9 Å². The highest BCUT2D eigenvalue weighted by Crippen LogP contribution is 2.28. The zero-order valence-electron chi connectivity index (χ0n) is 11.0. The van der Waals surface area contributed by atoms with Gasteiger partial charge in [0, 0.05) is 17.5 Å². The van der Waals surface area contributed by atoms with E-state index < -0.39 is 5.97 Å². The van der Waals surface area contributed by atoms with Crippen molar-refractivity contribution in [2.45, 2.75) is 52.1 Å². The minimum absolute atomic E-state index is 0.442. The van der Waals surface area contributed by atoms with E-state index in [0.29, 0.717) is 10.9 Å². The summed E-state index contributed by atoms with van der Waals surface area (Å²) < 4.78 is 0. The van der Waals surface area contributed by atoms with E-state index >= 15 is 0 Å². The predicted octanol–water partition coefficient (Wildman–Crippen LogP) is 3.42. The summed E-state index contributed by atoms with van der Waals surface area (Å²) in [6.45, 7) is 5.03. The van der Waals surface area contributed by atoms with Crippen LogP contribution in [0.1, 0.15) is 52.7 Å². The molecule has 2 N–H and O–H groups in total. The van der Waals surface area contributed by atoms with Crippen LogP contribution in [0.2, 0.25) is 0 Å². The maximum absolute atomic E-state index is 10.9. The Balaban J connectivity index is 1.91. The lowest BCUT2D eigenvalue weighted by Crippen LogP contribution is -2.31. The number of hydrogen-bond donors (Lipinski definition) is 2. The first kappa shape index (κ1) is 13.6. The molecule has 1 aliphatic rings. The molecule has 0 amide bonds. The average Bonchev–Trinajstić information content (AvgIpc) is 2.95. The lowest BCUT2D eigenvalue weighted by atomic mass is 9.99. The van der Waals surface area contributed by atoms with Gasteiger partial charge in [-0.1, -0.05) is 12.8 Å². The summed E-state index contributed by atoms with van der Waals surface area (Å²) >= 11 is 1.37. The molecule has 0 aliphatic heterocycles. The van der Waals surface area contributed by atoms with Gasteiger partial charge in [-0.05, 0) is 44.2 Å². The molecule has 0 radical (unpaired) electrons. The average molecular weight is 267 g/mol. The van der Waals surface area contributed by atoms with Gasteiger partial charge in [-0.3, -0.25) is 0 Å². The van der Waals surface area contributed by atoms with Crippen LogP contribution >= 0.6 is 11.3 Å². The molecular formula is C14H21NO2S. The zero-order valence-corrected chi connectivity index (χ0v) is 11.8. The van der Waals surface area contributed by atoms with Crippen LogP contribution in [0.25, 0.3) is 0 Å². The van der Waals surface area contributed by atoms with E-state index in [1.165, 1.54) is 37.0 Å². The van der Waals surface area contributed by atoms with E-state index in [9.17, 15) is 4.79 Å². The summed E-state index contributed by atoms with van der Waals surface area (Å²) in [5, 5.41) is 12.5. The van der Waals surface area contributed by atoms with Crippen LogP contribution in [0.3, 0.4) is 0 Å². The molecule has 0 aromatic carbocycles. The minimum atomic E-state index is -0.821. The number of nitrogens with one attached hydrogen (secondary N) is 1. The Bertz CT molecular complexity index is 421. The van der Waals surface area contributed by atoms with Crippen molar-refractivity contribution in [1.29, 1.82) is 0 Å². The monoisotopic (exact) mass is 267 g/mol. The first-order valence-corrected chi connectivity index (χ1v) is 7.45. The van der Waals surface area contributed by atoms with Crippen molar-refractivity contribution in [3.05, 3.63) is 21.4 Å². The van der Waals surface area contributed by atoms with Crippen LogP contribution in [-0.4, -0.2) is 17.1 Å². The Morgan fingerprint density at radius 1 is 1.56 bits per heavy atom. The van der Waals surface area contributed by atoms with Gasteiger partial charge in [0.2, 0.25) is 0 Å².